The van der Waals surface area contributed by atoms with Crippen molar-refractivity contribution in [3.63, 3.8) is 0 Å². The van der Waals surface area contributed by atoms with E-state index < -0.39 is 18.0 Å². The number of carbonyl (C=O) groups excluding carboxylic acids is 1. The maximum Gasteiger partial charge on any atom is 0.414 e. The Hall–Kier alpha value is -3.49. The third-order valence-corrected chi connectivity index (χ3v) is 5.93. The third kappa shape index (κ3) is 4.02. The average Bonchev–Trinajstić information content (AvgIpc) is 3.44. The molecule has 0 bridgehead atoms. The van der Waals surface area contributed by atoms with Crippen LogP contribution < -0.4 is 9.80 Å². The molecular weight excluding hydrogens is 416 g/mol. The van der Waals surface area contributed by atoms with E-state index in [0.29, 0.717) is 23.5 Å². The predicted molar refractivity (Wildman–Crippen MR) is 115 cm³/mol. The minimum absolute atomic E-state index is 0.262. The van der Waals surface area contributed by atoms with Crippen LogP contribution in [-0.4, -0.2) is 46.8 Å². The van der Waals surface area contributed by atoms with Crippen molar-refractivity contribution in [3.05, 3.63) is 60.4 Å². The largest absolute Gasteiger partial charge is 0.442 e. The molecule has 2 aliphatic rings. The summed E-state index contributed by atoms with van der Waals surface area (Å²) in [4.78, 5) is 17.1. The SMILES string of the molecule is O=C1O[C@@H](Cn2nccn2)CN1c1ccc(-c2ccc(N3CCCCC3)c(F)c2)c(F)c1. The molecule has 0 spiro atoms. The summed E-state index contributed by atoms with van der Waals surface area (Å²) in [6.07, 6.45) is 5.37. The Morgan fingerprint density at radius 1 is 0.969 bits per heavy atom. The smallest absolute Gasteiger partial charge is 0.414 e. The number of nitrogens with zero attached hydrogens (tertiary/aromatic N) is 5. The van der Waals surface area contributed by atoms with Gasteiger partial charge in [0.1, 0.15) is 17.7 Å². The number of cyclic esters (lactones) is 1. The van der Waals surface area contributed by atoms with E-state index in [9.17, 15) is 13.6 Å². The van der Waals surface area contributed by atoms with Gasteiger partial charge in [-0.25, -0.2) is 13.6 Å². The van der Waals surface area contributed by atoms with Crippen LogP contribution in [-0.2, 0) is 11.3 Å². The Kier molecular flexibility index (Phi) is 5.46. The molecule has 7 nitrogen and oxygen atoms in total. The first-order chi connectivity index (χ1) is 15.6. The molecule has 32 heavy (non-hydrogen) atoms. The van der Waals surface area contributed by atoms with Crippen LogP contribution in [0.15, 0.2) is 48.8 Å². The van der Waals surface area contributed by atoms with E-state index in [1.54, 1.807) is 36.7 Å². The maximum atomic E-state index is 15.0. The average molecular weight is 439 g/mol. The normalized spacial score (nSPS) is 18.8. The highest BCUT2D eigenvalue weighted by molar-refractivity contribution is 5.90. The van der Waals surface area contributed by atoms with Gasteiger partial charge in [0.05, 0.1) is 36.9 Å². The summed E-state index contributed by atoms with van der Waals surface area (Å²) in [6, 6.07) is 9.32. The summed E-state index contributed by atoms with van der Waals surface area (Å²) in [5, 5.41) is 8.01. The van der Waals surface area contributed by atoms with Crippen molar-refractivity contribution >= 4 is 17.5 Å². The van der Waals surface area contributed by atoms with E-state index in [2.05, 4.69) is 10.2 Å². The Balaban J connectivity index is 1.33. The molecule has 2 aliphatic heterocycles. The van der Waals surface area contributed by atoms with Crippen molar-refractivity contribution < 1.29 is 18.3 Å². The van der Waals surface area contributed by atoms with Gasteiger partial charge in [0.25, 0.3) is 0 Å². The fourth-order valence-corrected chi connectivity index (χ4v) is 4.32. The number of aromatic nitrogens is 3. The van der Waals surface area contributed by atoms with Crippen molar-refractivity contribution in [3.8, 4) is 11.1 Å². The van der Waals surface area contributed by atoms with Crippen LogP contribution in [0.4, 0.5) is 25.0 Å². The van der Waals surface area contributed by atoms with Gasteiger partial charge in [-0.3, -0.25) is 4.90 Å². The number of rotatable bonds is 5. The first-order valence-corrected chi connectivity index (χ1v) is 10.7. The van der Waals surface area contributed by atoms with Crippen molar-refractivity contribution in [1.82, 2.24) is 15.0 Å². The van der Waals surface area contributed by atoms with E-state index >= 15 is 0 Å². The first-order valence-electron chi connectivity index (χ1n) is 10.7. The Labute approximate surface area is 184 Å². The van der Waals surface area contributed by atoms with Crippen LogP contribution in [0.25, 0.3) is 11.1 Å². The van der Waals surface area contributed by atoms with E-state index in [1.165, 1.54) is 28.2 Å². The fourth-order valence-electron chi connectivity index (χ4n) is 4.32. The number of ether oxygens (including phenoxy) is 1. The highest BCUT2D eigenvalue weighted by Crippen LogP contribution is 2.32. The second kappa shape index (κ2) is 8.57. The molecule has 0 saturated carbocycles. The number of amides is 1. The number of piperidine rings is 1. The summed E-state index contributed by atoms with van der Waals surface area (Å²) in [5.74, 6) is -0.885. The van der Waals surface area contributed by atoms with Gasteiger partial charge in [-0.05, 0) is 55.2 Å². The number of carbonyl (C=O) groups is 1. The Morgan fingerprint density at radius 2 is 1.75 bits per heavy atom. The molecule has 1 atom stereocenters. The van der Waals surface area contributed by atoms with Gasteiger partial charge >= 0.3 is 6.09 Å². The standard InChI is InChI=1S/C23H23F2N5O2/c24-20-13-17(29-14-18(32-23(29)31)15-30-26-8-9-27-30)5-6-19(20)16-4-7-22(21(25)12-16)28-10-2-1-3-11-28/h4-9,12-13,18H,1-3,10-11,14-15H2/t18-/m1/s1. The lowest BCUT2D eigenvalue weighted by molar-refractivity contribution is 0.126. The molecule has 3 heterocycles. The van der Waals surface area contributed by atoms with Gasteiger partial charge in [-0.1, -0.05) is 6.07 Å². The van der Waals surface area contributed by atoms with E-state index in [0.717, 1.165) is 25.9 Å². The predicted octanol–water partition coefficient (Wildman–Crippen LogP) is 4.24. The van der Waals surface area contributed by atoms with E-state index in [4.69, 9.17) is 4.74 Å². The summed E-state index contributed by atoms with van der Waals surface area (Å²) >= 11 is 0. The second-order valence-electron chi connectivity index (χ2n) is 8.08. The van der Waals surface area contributed by atoms with E-state index in [-0.39, 0.29) is 17.9 Å². The molecule has 0 radical (unpaired) electrons. The van der Waals surface area contributed by atoms with Gasteiger partial charge in [0.15, 0.2) is 0 Å². The molecule has 1 amide bonds. The molecule has 0 aliphatic carbocycles. The van der Waals surface area contributed by atoms with Gasteiger partial charge in [-0.15, -0.1) is 0 Å². The Morgan fingerprint density at radius 3 is 2.47 bits per heavy atom. The molecule has 0 unspecified atom stereocenters. The van der Waals surface area contributed by atoms with Crippen LogP contribution in [0.1, 0.15) is 19.3 Å². The number of anilines is 2. The third-order valence-electron chi connectivity index (χ3n) is 5.93. The number of hydrogen-bond acceptors (Lipinski definition) is 5. The molecule has 5 rings (SSSR count). The second-order valence-corrected chi connectivity index (χ2v) is 8.08. The number of hydrogen-bond donors (Lipinski definition) is 0. The van der Waals surface area contributed by atoms with Crippen LogP contribution in [0.2, 0.25) is 0 Å². The summed E-state index contributed by atoms with van der Waals surface area (Å²) in [6.45, 7) is 2.25. The summed E-state index contributed by atoms with van der Waals surface area (Å²) in [7, 11) is 0. The van der Waals surface area contributed by atoms with E-state index in [1.807, 2.05) is 4.90 Å². The Bertz CT molecular complexity index is 1120. The van der Waals surface area contributed by atoms with Crippen LogP contribution in [0.5, 0.6) is 0 Å². The fraction of sp³-hybridized carbons (Fsp3) is 0.348. The maximum absolute atomic E-state index is 15.0. The summed E-state index contributed by atoms with van der Waals surface area (Å²) in [5.41, 5.74) is 1.68. The molecule has 2 aromatic carbocycles. The van der Waals surface area contributed by atoms with Crippen LogP contribution >= 0.6 is 0 Å². The zero-order valence-electron chi connectivity index (χ0n) is 17.5. The molecule has 166 valence electrons. The lowest BCUT2D eigenvalue weighted by Gasteiger charge is -2.29. The lowest BCUT2D eigenvalue weighted by atomic mass is 10.0. The highest BCUT2D eigenvalue weighted by Gasteiger charge is 2.33. The van der Waals surface area contributed by atoms with Gasteiger partial charge in [0.2, 0.25) is 0 Å². The zero-order chi connectivity index (χ0) is 22.1. The lowest BCUT2D eigenvalue weighted by Crippen LogP contribution is -2.30. The van der Waals surface area contributed by atoms with Crippen molar-refractivity contribution in [2.24, 2.45) is 0 Å². The van der Waals surface area contributed by atoms with Crippen LogP contribution in [0.3, 0.4) is 0 Å². The summed E-state index contributed by atoms with van der Waals surface area (Å²) < 4.78 is 35.1. The topological polar surface area (TPSA) is 63.5 Å². The molecule has 3 aromatic rings. The highest BCUT2D eigenvalue weighted by atomic mass is 19.1. The van der Waals surface area contributed by atoms with Gasteiger partial charge in [-0.2, -0.15) is 15.0 Å². The first kappa shape index (κ1) is 20.4. The quantitative estimate of drug-likeness (QED) is 0.595. The van der Waals surface area contributed by atoms with Gasteiger partial charge in [0, 0.05) is 18.7 Å². The molecule has 1 aromatic heterocycles. The van der Waals surface area contributed by atoms with Gasteiger partial charge < -0.3 is 9.64 Å². The number of halogens is 2. The minimum Gasteiger partial charge on any atom is -0.442 e. The van der Waals surface area contributed by atoms with Crippen molar-refractivity contribution in [2.75, 3.05) is 29.4 Å². The molecule has 0 N–H and O–H groups in total. The number of benzene rings is 2. The molecule has 9 heteroatoms. The van der Waals surface area contributed by atoms with Crippen LogP contribution in [0, 0.1) is 11.6 Å². The molecule has 2 fully saturated rings. The molecular formula is C23H23F2N5O2. The monoisotopic (exact) mass is 439 g/mol. The zero-order valence-corrected chi connectivity index (χ0v) is 17.5. The molecule has 2 saturated heterocycles. The van der Waals surface area contributed by atoms with Crippen molar-refractivity contribution in [2.45, 2.75) is 31.9 Å². The minimum atomic E-state index is -0.550. The van der Waals surface area contributed by atoms with Crippen molar-refractivity contribution in [1.29, 1.82) is 0 Å².